The Morgan fingerprint density at radius 3 is 2.53 bits per heavy atom. The Balaban J connectivity index is 1.64. The lowest BCUT2D eigenvalue weighted by atomic mass is 9.95. The molecule has 3 fully saturated rings. The number of nitrogens with zero attached hydrogens (tertiary/aromatic N) is 2. The summed E-state index contributed by atoms with van der Waals surface area (Å²) in [5.41, 5.74) is 0. The van der Waals surface area contributed by atoms with E-state index in [2.05, 4.69) is 35.9 Å². The van der Waals surface area contributed by atoms with Gasteiger partial charge in [0.2, 0.25) is 0 Å². The van der Waals surface area contributed by atoms with Gasteiger partial charge in [0.15, 0.2) is 0 Å². The molecule has 1 saturated carbocycles. The van der Waals surface area contributed by atoms with E-state index in [4.69, 9.17) is 0 Å². The minimum atomic E-state index is 0.713. The molecule has 1 N–H and O–H groups in total. The van der Waals surface area contributed by atoms with Gasteiger partial charge in [-0.15, -0.1) is 0 Å². The lowest BCUT2D eigenvalue weighted by Gasteiger charge is -2.45. The van der Waals surface area contributed by atoms with Crippen molar-refractivity contribution in [2.75, 3.05) is 26.2 Å². The summed E-state index contributed by atoms with van der Waals surface area (Å²) in [4.78, 5) is 5.61. The minimum absolute atomic E-state index is 0.713. The molecule has 0 amide bonds. The second-order valence-corrected chi connectivity index (χ2v) is 7.19. The lowest BCUT2D eigenvalue weighted by Crippen LogP contribution is -2.61. The van der Waals surface area contributed by atoms with Crippen LogP contribution in [0.15, 0.2) is 0 Å². The standard InChI is InChI=1S/C16H31N3/c1-4-13-10-19(16(9-17-13)12(2)3)15-7-8-18(11-15)14-5-6-14/h12-17H,4-11H2,1-3H3. The summed E-state index contributed by atoms with van der Waals surface area (Å²) in [5, 5.41) is 3.74. The van der Waals surface area contributed by atoms with Gasteiger partial charge in [-0.1, -0.05) is 20.8 Å². The molecule has 2 saturated heterocycles. The van der Waals surface area contributed by atoms with Crippen LogP contribution in [-0.2, 0) is 0 Å². The maximum absolute atomic E-state index is 3.74. The summed E-state index contributed by atoms with van der Waals surface area (Å²) in [6.07, 6.45) is 5.58. The highest BCUT2D eigenvalue weighted by Crippen LogP contribution is 2.32. The molecule has 19 heavy (non-hydrogen) atoms. The molecule has 3 rings (SSSR count). The van der Waals surface area contributed by atoms with Crippen LogP contribution in [0.4, 0.5) is 0 Å². The van der Waals surface area contributed by atoms with Crippen LogP contribution in [0, 0.1) is 5.92 Å². The van der Waals surface area contributed by atoms with Crippen LogP contribution in [0.5, 0.6) is 0 Å². The smallest absolute Gasteiger partial charge is 0.0247 e. The second-order valence-electron chi connectivity index (χ2n) is 7.19. The van der Waals surface area contributed by atoms with Gasteiger partial charge in [-0.25, -0.2) is 0 Å². The topological polar surface area (TPSA) is 18.5 Å². The highest BCUT2D eigenvalue weighted by molar-refractivity contribution is 4.97. The third-order valence-corrected chi connectivity index (χ3v) is 5.46. The van der Waals surface area contributed by atoms with Gasteiger partial charge in [0.05, 0.1) is 0 Å². The van der Waals surface area contributed by atoms with Crippen LogP contribution in [0.2, 0.25) is 0 Å². The minimum Gasteiger partial charge on any atom is -0.311 e. The van der Waals surface area contributed by atoms with Crippen LogP contribution in [0.3, 0.4) is 0 Å². The van der Waals surface area contributed by atoms with Gasteiger partial charge in [0, 0.05) is 50.3 Å². The number of rotatable bonds is 4. The predicted molar refractivity (Wildman–Crippen MR) is 80.4 cm³/mol. The molecule has 0 radical (unpaired) electrons. The van der Waals surface area contributed by atoms with E-state index < -0.39 is 0 Å². The predicted octanol–water partition coefficient (Wildman–Crippen LogP) is 1.93. The molecular formula is C16H31N3. The largest absolute Gasteiger partial charge is 0.311 e. The van der Waals surface area contributed by atoms with Crippen LogP contribution in [0.25, 0.3) is 0 Å². The first kappa shape index (κ1) is 13.8. The van der Waals surface area contributed by atoms with Gasteiger partial charge in [-0.3, -0.25) is 9.80 Å². The average Bonchev–Trinajstić information content (AvgIpc) is 3.15. The fourth-order valence-electron chi connectivity index (χ4n) is 3.98. The van der Waals surface area contributed by atoms with Crippen LogP contribution in [-0.4, -0.2) is 60.1 Å². The molecule has 0 spiro atoms. The Hall–Kier alpha value is -0.120. The van der Waals surface area contributed by atoms with Crippen molar-refractivity contribution in [3.63, 3.8) is 0 Å². The van der Waals surface area contributed by atoms with Gasteiger partial charge >= 0.3 is 0 Å². The van der Waals surface area contributed by atoms with Crippen molar-refractivity contribution in [3.8, 4) is 0 Å². The molecule has 0 aromatic carbocycles. The molecule has 3 unspecified atom stereocenters. The van der Waals surface area contributed by atoms with Crippen molar-refractivity contribution in [1.29, 1.82) is 0 Å². The summed E-state index contributed by atoms with van der Waals surface area (Å²) in [6.45, 7) is 12.2. The number of nitrogens with one attached hydrogen (secondary N) is 1. The normalized spacial score (nSPS) is 38.2. The van der Waals surface area contributed by atoms with Crippen molar-refractivity contribution in [3.05, 3.63) is 0 Å². The zero-order chi connectivity index (χ0) is 13.4. The van der Waals surface area contributed by atoms with E-state index in [-0.39, 0.29) is 0 Å². The zero-order valence-corrected chi connectivity index (χ0v) is 12.9. The molecule has 110 valence electrons. The van der Waals surface area contributed by atoms with Gasteiger partial charge in [-0.2, -0.15) is 0 Å². The maximum atomic E-state index is 3.74. The van der Waals surface area contributed by atoms with Gasteiger partial charge in [0.25, 0.3) is 0 Å². The average molecular weight is 265 g/mol. The monoisotopic (exact) mass is 265 g/mol. The third-order valence-electron chi connectivity index (χ3n) is 5.46. The molecule has 0 bridgehead atoms. The second kappa shape index (κ2) is 5.71. The van der Waals surface area contributed by atoms with E-state index in [1.807, 2.05) is 0 Å². The number of hydrogen-bond donors (Lipinski definition) is 1. The summed E-state index contributed by atoms with van der Waals surface area (Å²) in [7, 11) is 0. The van der Waals surface area contributed by atoms with Crippen LogP contribution < -0.4 is 5.32 Å². The Kier molecular flexibility index (Phi) is 4.16. The SMILES string of the molecule is CCC1CN(C2CCN(C3CC3)C2)C(C(C)C)CN1. The molecule has 2 heterocycles. The Morgan fingerprint density at radius 2 is 1.89 bits per heavy atom. The highest BCUT2D eigenvalue weighted by Gasteiger charge is 2.40. The molecule has 1 aliphatic carbocycles. The van der Waals surface area contributed by atoms with E-state index in [0.29, 0.717) is 6.04 Å². The van der Waals surface area contributed by atoms with E-state index in [9.17, 15) is 0 Å². The quantitative estimate of drug-likeness (QED) is 0.838. The van der Waals surface area contributed by atoms with Crippen molar-refractivity contribution in [1.82, 2.24) is 15.1 Å². The van der Waals surface area contributed by atoms with Crippen LogP contribution in [0.1, 0.15) is 46.5 Å². The Bertz CT molecular complexity index is 300. The van der Waals surface area contributed by atoms with E-state index in [0.717, 1.165) is 24.0 Å². The summed E-state index contributed by atoms with van der Waals surface area (Å²) in [5.74, 6) is 0.764. The fourth-order valence-corrected chi connectivity index (χ4v) is 3.98. The molecule has 0 aromatic rings. The van der Waals surface area contributed by atoms with Gasteiger partial charge < -0.3 is 5.32 Å². The van der Waals surface area contributed by atoms with E-state index >= 15 is 0 Å². The van der Waals surface area contributed by atoms with Crippen molar-refractivity contribution < 1.29 is 0 Å². The first-order valence-electron chi connectivity index (χ1n) is 8.42. The lowest BCUT2D eigenvalue weighted by molar-refractivity contribution is 0.0570. The van der Waals surface area contributed by atoms with Crippen LogP contribution >= 0.6 is 0 Å². The van der Waals surface area contributed by atoms with E-state index in [1.54, 1.807) is 0 Å². The third kappa shape index (κ3) is 2.98. The van der Waals surface area contributed by atoms with Gasteiger partial charge in [0.1, 0.15) is 0 Å². The Labute approximate surface area is 118 Å². The molecule has 0 aromatic heterocycles. The maximum Gasteiger partial charge on any atom is 0.0247 e. The molecule has 3 nitrogen and oxygen atoms in total. The summed E-state index contributed by atoms with van der Waals surface area (Å²) >= 11 is 0. The number of hydrogen-bond acceptors (Lipinski definition) is 3. The molecule has 3 atom stereocenters. The first-order chi connectivity index (χ1) is 9.19. The van der Waals surface area contributed by atoms with Crippen molar-refractivity contribution in [2.45, 2.75) is 70.6 Å². The van der Waals surface area contributed by atoms with Crippen molar-refractivity contribution >= 4 is 0 Å². The van der Waals surface area contributed by atoms with Crippen molar-refractivity contribution in [2.24, 2.45) is 5.92 Å². The summed E-state index contributed by atoms with van der Waals surface area (Å²) in [6, 6.07) is 3.23. The summed E-state index contributed by atoms with van der Waals surface area (Å²) < 4.78 is 0. The Morgan fingerprint density at radius 1 is 1.11 bits per heavy atom. The van der Waals surface area contributed by atoms with E-state index in [1.165, 1.54) is 51.9 Å². The number of likely N-dealkylation sites (tertiary alicyclic amines) is 1. The molecule has 3 aliphatic rings. The zero-order valence-electron chi connectivity index (χ0n) is 12.9. The highest BCUT2D eigenvalue weighted by atomic mass is 15.3. The molecule has 2 aliphatic heterocycles. The number of piperazine rings is 1. The first-order valence-corrected chi connectivity index (χ1v) is 8.42. The molecule has 3 heteroatoms. The fraction of sp³-hybridized carbons (Fsp3) is 1.00. The molecular weight excluding hydrogens is 234 g/mol. The van der Waals surface area contributed by atoms with Gasteiger partial charge in [-0.05, 0) is 31.6 Å².